The lowest BCUT2D eigenvalue weighted by Crippen LogP contribution is -2.31. The zero-order valence-electron chi connectivity index (χ0n) is 18.1. The first-order valence-corrected chi connectivity index (χ1v) is 10.1. The summed E-state index contributed by atoms with van der Waals surface area (Å²) in [6.45, 7) is 3.19. The predicted octanol–water partition coefficient (Wildman–Crippen LogP) is 2.66. The zero-order valence-corrected chi connectivity index (χ0v) is 18.1. The number of amides is 1. The highest BCUT2D eigenvalue weighted by Crippen LogP contribution is 2.16. The van der Waals surface area contributed by atoms with Gasteiger partial charge in [0.1, 0.15) is 18.1 Å². The van der Waals surface area contributed by atoms with Crippen LogP contribution in [0, 0.1) is 13.8 Å². The van der Waals surface area contributed by atoms with E-state index in [0.717, 1.165) is 5.56 Å². The molecule has 4 aromatic rings. The molecular weight excluding hydrogens is 406 g/mol. The van der Waals surface area contributed by atoms with Crippen LogP contribution in [0.5, 0.6) is 0 Å². The number of nitrogens with zero attached hydrogens (tertiary/aromatic N) is 4. The summed E-state index contributed by atoms with van der Waals surface area (Å²) in [5, 5.41) is 2.68. The lowest BCUT2D eigenvalue weighted by atomic mass is 10.1. The molecule has 2 heterocycles. The summed E-state index contributed by atoms with van der Waals surface area (Å²) < 4.78 is 4.45. The molecular formula is C24H23N5O3. The average molecular weight is 429 g/mol. The third-order valence-electron chi connectivity index (χ3n) is 5.39. The van der Waals surface area contributed by atoms with Crippen LogP contribution in [0.15, 0.2) is 76.3 Å². The first kappa shape index (κ1) is 21.0. The predicted molar refractivity (Wildman–Crippen MR) is 123 cm³/mol. The molecule has 0 saturated heterocycles. The normalized spacial score (nSPS) is 10.8. The van der Waals surface area contributed by atoms with Gasteiger partial charge in [0.15, 0.2) is 0 Å². The number of hydrogen-bond acceptors (Lipinski definition) is 4. The standard InChI is InChI=1S/C24H23N5O3/c1-16-23(24(32)29(27(16)3)19-12-8-5-9-13-19)26-21(30)15-28-17(2)25-20(14-22(28)31)18-10-6-4-7-11-18/h4-14H,15H2,1-3H3,(H,26,30). The fourth-order valence-electron chi connectivity index (χ4n) is 3.61. The number of para-hydroxylation sites is 1. The van der Waals surface area contributed by atoms with Gasteiger partial charge in [-0.25, -0.2) is 9.67 Å². The van der Waals surface area contributed by atoms with Crippen molar-refractivity contribution < 1.29 is 4.79 Å². The molecule has 162 valence electrons. The van der Waals surface area contributed by atoms with Crippen LogP contribution >= 0.6 is 0 Å². The molecule has 0 aliphatic rings. The topological polar surface area (TPSA) is 90.9 Å². The maximum atomic E-state index is 13.0. The molecule has 2 aromatic heterocycles. The number of carbonyl (C=O) groups excluding carboxylic acids is 1. The molecule has 8 heteroatoms. The molecule has 0 fully saturated rings. The van der Waals surface area contributed by atoms with Gasteiger partial charge in [0.2, 0.25) is 5.91 Å². The van der Waals surface area contributed by atoms with Crippen LogP contribution in [0.25, 0.3) is 16.9 Å². The minimum Gasteiger partial charge on any atom is -0.318 e. The second-order valence-corrected chi connectivity index (χ2v) is 7.46. The third kappa shape index (κ3) is 3.90. The van der Waals surface area contributed by atoms with Gasteiger partial charge in [0.25, 0.3) is 11.1 Å². The molecule has 4 rings (SSSR count). The molecule has 0 atom stereocenters. The van der Waals surface area contributed by atoms with Crippen molar-refractivity contribution in [1.29, 1.82) is 0 Å². The first-order valence-electron chi connectivity index (χ1n) is 10.1. The van der Waals surface area contributed by atoms with Gasteiger partial charge in [0, 0.05) is 18.7 Å². The lowest BCUT2D eigenvalue weighted by molar-refractivity contribution is -0.116. The number of hydrogen-bond donors (Lipinski definition) is 1. The Balaban J connectivity index is 1.60. The Kier molecular flexibility index (Phi) is 5.59. The molecule has 0 saturated carbocycles. The van der Waals surface area contributed by atoms with Crippen molar-refractivity contribution in [3.63, 3.8) is 0 Å². The van der Waals surface area contributed by atoms with E-state index in [2.05, 4.69) is 10.3 Å². The van der Waals surface area contributed by atoms with Gasteiger partial charge < -0.3 is 5.32 Å². The van der Waals surface area contributed by atoms with E-state index in [1.165, 1.54) is 15.3 Å². The maximum Gasteiger partial charge on any atom is 0.295 e. The summed E-state index contributed by atoms with van der Waals surface area (Å²) in [5.74, 6) is -0.0616. The minimum absolute atomic E-state index is 0.181. The van der Waals surface area contributed by atoms with Crippen molar-refractivity contribution in [3.05, 3.63) is 99.0 Å². The smallest absolute Gasteiger partial charge is 0.295 e. The van der Waals surface area contributed by atoms with Crippen molar-refractivity contribution in [2.75, 3.05) is 5.32 Å². The maximum absolute atomic E-state index is 13.0. The highest BCUT2D eigenvalue weighted by molar-refractivity contribution is 5.91. The van der Waals surface area contributed by atoms with E-state index in [-0.39, 0.29) is 23.4 Å². The molecule has 0 spiro atoms. The third-order valence-corrected chi connectivity index (χ3v) is 5.39. The van der Waals surface area contributed by atoms with Crippen molar-refractivity contribution in [2.45, 2.75) is 20.4 Å². The van der Waals surface area contributed by atoms with Crippen molar-refractivity contribution in [2.24, 2.45) is 7.05 Å². The quantitative estimate of drug-likeness (QED) is 0.528. The second kappa shape index (κ2) is 8.50. The number of aromatic nitrogens is 4. The van der Waals surface area contributed by atoms with Crippen molar-refractivity contribution in [3.8, 4) is 16.9 Å². The van der Waals surface area contributed by atoms with Gasteiger partial charge in [-0.2, -0.15) is 0 Å². The van der Waals surface area contributed by atoms with Crippen LogP contribution in [-0.4, -0.2) is 24.8 Å². The Labute approximate surface area is 184 Å². The minimum atomic E-state index is -0.476. The highest BCUT2D eigenvalue weighted by atomic mass is 16.2. The largest absolute Gasteiger partial charge is 0.318 e. The average Bonchev–Trinajstić information content (AvgIpc) is 3.00. The Morgan fingerprint density at radius 2 is 1.59 bits per heavy atom. The van der Waals surface area contributed by atoms with E-state index in [1.54, 1.807) is 25.6 Å². The van der Waals surface area contributed by atoms with Crippen LogP contribution in [0.1, 0.15) is 11.5 Å². The fourth-order valence-corrected chi connectivity index (χ4v) is 3.61. The second-order valence-electron chi connectivity index (χ2n) is 7.46. The number of benzene rings is 2. The summed E-state index contributed by atoms with van der Waals surface area (Å²) in [6, 6.07) is 19.9. The Morgan fingerprint density at radius 1 is 0.969 bits per heavy atom. The van der Waals surface area contributed by atoms with Crippen LogP contribution in [-0.2, 0) is 18.4 Å². The molecule has 1 amide bonds. The molecule has 0 aliphatic heterocycles. The van der Waals surface area contributed by atoms with Gasteiger partial charge in [-0.05, 0) is 26.0 Å². The van der Waals surface area contributed by atoms with Gasteiger partial charge in [-0.1, -0.05) is 48.5 Å². The number of rotatable bonds is 5. The van der Waals surface area contributed by atoms with Crippen LogP contribution < -0.4 is 16.4 Å². The summed E-state index contributed by atoms with van der Waals surface area (Å²) in [6.07, 6.45) is 0. The van der Waals surface area contributed by atoms with E-state index < -0.39 is 5.91 Å². The highest BCUT2D eigenvalue weighted by Gasteiger charge is 2.19. The van der Waals surface area contributed by atoms with Crippen LogP contribution in [0.2, 0.25) is 0 Å². The fraction of sp³-hybridized carbons (Fsp3) is 0.167. The van der Waals surface area contributed by atoms with E-state index >= 15 is 0 Å². The van der Waals surface area contributed by atoms with Crippen molar-refractivity contribution >= 4 is 11.6 Å². The number of nitrogens with one attached hydrogen (secondary N) is 1. The summed E-state index contributed by atoms with van der Waals surface area (Å²) in [4.78, 5) is 42.9. The molecule has 1 N–H and O–H groups in total. The molecule has 2 aromatic carbocycles. The number of carbonyl (C=O) groups is 1. The van der Waals surface area contributed by atoms with Gasteiger partial charge >= 0.3 is 0 Å². The van der Waals surface area contributed by atoms with E-state index in [4.69, 9.17) is 0 Å². The molecule has 0 unspecified atom stereocenters. The molecule has 32 heavy (non-hydrogen) atoms. The van der Waals surface area contributed by atoms with Gasteiger partial charge in [-0.15, -0.1) is 0 Å². The van der Waals surface area contributed by atoms with Gasteiger partial charge in [-0.3, -0.25) is 23.6 Å². The molecule has 0 bridgehead atoms. The monoisotopic (exact) mass is 429 g/mol. The van der Waals surface area contributed by atoms with E-state index in [1.807, 2.05) is 60.7 Å². The molecule has 8 nitrogen and oxygen atoms in total. The Hall–Kier alpha value is -4.20. The number of anilines is 1. The zero-order chi connectivity index (χ0) is 22.8. The summed E-state index contributed by atoms with van der Waals surface area (Å²) >= 11 is 0. The SMILES string of the molecule is Cc1nc(-c2ccccc2)cc(=O)n1CC(=O)Nc1c(C)n(C)n(-c2ccccc2)c1=O. The summed E-state index contributed by atoms with van der Waals surface area (Å²) in [7, 11) is 1.75. The van der Waals surface area contributed by atoms with Crippen molar-refractivity contribution in [1.82, 2.24) is 18.9 Å². The molecule has 0 aliphatic carbocycles. The lowest BCUT2D eigenvalue weighted by Gasteiger charge is -2.11. The first-order chi connectivity index (χ1) is 15.4. The Bertz CT molecular complexity index is 1400. The number of aryl methyl sites for hydroxylation is 1. The van der Waals surface area contributed by atoms with E-state index in [0.29, 0.717) is 22.9 Å². The summed E-state index contributed by atoms with van der Waals surface area (Å²) in [5.41, 5.74) is 2.18. The molecule has 0 radical (unpaired) electrons. The van der Waals surface area contributed by atoms with Gasteiger partial charge in [0.05, 0.1) is 17.1 Å². The Morgan fingerprint density at radius 3 is 2.22 bits per heavy atom. The van der Waals surface area contributed by atoms with E-state index in [9.17, 15) is 14.4 Å². The van der Waals surface area contributed by atoms with Crippen LogP contribution in [0.4, 0.5) is 5.69 Å². The van der Waals surface area contributed by atoms with Crippen LogP contribution in [0.3, 0.4) is 0 Å².